The van der Waals surface area contributed by atoms with Crippen molar-refractivity contribution in [3.8, 4) is 5.69 Å². The summed E-state index contributed by atoms with van der Waals surface area (Å²) in [7, 11) is 0. The molecule has 0 saturated heterocycles. The Labute approximate surface area is 213 Å². The molecule has 1 amide bonds. The smallest absolute Gasteiger partial charge is 0.274 e. The Morgan fingerprint density at radius 1 is 1.19 bits per heavy atom. The third kappa shape index (κ3) is 5.29. The van der Waals surface area contributed by atoms with Crippen LogP contribution in [0.25, 0.3) is 5.69 Å². The van der Waals surface area contributed by atoms with Gasteiger partial charge in [-0.25, -0.2) is 9.07 Å². The molecule has 9 heteroatoms. The Balaban J connectivity index is 1.47. The van der Waals surface area contributed by atoms with Crippen molar-refractivity contribution in [1.82, 2.24) is 14.8 Å². The monoisotopic (exact) mass is 501 g/mol. The van der Waals surface area contributed by atoms with Gasteiger partial charge in [-0.15, -0.1) is 0 Å². The zero-order chi connectivity index (χ0) is 26.0. The summed E-state index contributed by atoms with van der Waals surface area (Å²) >= 11 is 0. The number of carbonyl (C=O) groups is 1. The molecule has 2 aromatic carbocycles. The summed E-state index contributed by atoms with van der Waals surface area (Å²) in [5.74, 6) is -2.69. The molecule has 5 rings (SSSR count). The van der Waals surface area contributed by atoms with Crippen LogP contribution in [0.1, 0.15) is 45.7 Å². The van der Waals surface area contributed by atoms with Gasteiger partial charge in [0, 0.05) is 30.1 Å². The van der Waals surface area contributed by atoms with Crippen LogP contribution in [0.4, 0.5) is 10.1 Å². The lowest BCUT2D eigenvalue weighted by molar-refractivity contribution is -0.183. The lowest BCUT2D eigenvalue weighted by atomic mass is 9.98. The topological polar surface area (TPSA) is 115 Å². The molecule has 8 nitrogen and oxygen atoms in total. The van der Waals surface area contributed by atoms with Crippen molar-refractivity contribution < 1.29 is 19.0 Å². The lowest BCUT2D eigenvalue weighted by Crippen LogP contribution is -2.32. The largest absolute Gasteiger partial charge is 0.358 e. The highest BCUT2D eigenvalue weighted by Crippen LogP contribution is 2.37. The average molecular weight is 502 g/mol. The number of hydrogen-bond acceptors (Lipinski definition) is 6. The first kappa shape index (κ1) is 24.8. The van der Waals surface area contributed by atoms with Gasteiger partial charge in [0.05, 0.1) is 23.7 Å². The second kappa shape index (κ2) is 10.2. The summed E-state index contributed by atoms with van der Waals surface area (Å²) in [5.41, 5.74) is 8.75. The highest BCUT2D eigenvalue weighted by Gasteiger charge is 2.36. The molecular weight excluding hydrogens is 473 g/mol. The number of benzene rings is 2. The Morgan fingerprint density at radius 2 is 2.03 bits per heavy atom. The van der Waals surface area contributed by atoms with Gasteiger partial charge in [-0.05, 0) is 67.6 Å². The third-order valence-electron chi connectivity index (χ3n) is 6.34. The second-order valence-corrected chi connectivity index (χ2v) is 9.25. The Morgan fingerprint density at radius 3 is 2.76 bits per heavy atom. The number of hydrogen-bond donors (Lipinski definition) is 3. The van der Waals surface area contributed by atoms with E-state index in [9.17, 15) is 14.3 Å². The summed E-state index contributed by atoms with van der Waals surface area (Å²) in [5, 5.41) is 18.7. The van der Waals surface area contributed by atoms with Crippen molar-refractivity contribution in [1.29, 1.82) is 0 Å². The summed E-state index contributed by atoms with van der Waals surface area (Å²) in [6.07, 6.45) is 5.17. The SMILES string of the molecule is Cc1cc(C(=O)Nc2cc(C(O)(OCC3CC3)c3cccnc3)ccc2F)n(-c2cccc(CN)c2)n1. The van der Waals surface area contributed by atoms with E-state index in [1.807, 2.05) is 24.3 Å². The molecule has 1 atom stereocenters. The molecule has 0 radical (unpaired) electrons. The predicted octanol–water partition coefficient (Wildman–Crippen LogP) is 4.05. The quantitative estimate of drug-likeness (QED) is 0.298. The van der Waals surface area contributed by atoms with Crippen molar-refractivity contribution in [3.63, 3.8) is 0 Å². The Kier molecular flexibility index (Phi) is 6.84. The number of nitrogens with two attached hydrogens (primary N) is 1. The molecule has 2 aromatic heterocycles. The van der Waals surface area contributed by atoms with Crippen molar-refractivity contribution in [3.05, 3.63) is 107 Å². The third-order valence-corrected chi connectivity index (χ3v) is 6.34. The van der Waals surface area contributed by atoms with E-state index in [1.165, 1.54) is 29.1 Å². The number of aliphatic hydroxyl groups is 1. The second-order valence-electron chi connectivity index (χ2n) is 9.25. The number of halogens is 1. The van der Waals surface area contributed by atoms with Crippen LogP contribution >= 0.6 is 0 Å². The predicted molar refractivity (Wildman–Crippen MR) is 136 cm³/mol. The summed E-state index contributed by atoms with van der Waals surface area (Å²) < 4.78 is 22.4. The average Bonchev–Trinajstić information content (AvgIpc) is 3.67. The number of anilines is 1. The highest BCUT2D eigenvalue weighted by atomic mass is 19.1. The molecule has 1 unspecified atom stereocenters. The molecule has 0 aliphatic heterocycles. The number of nitrogens with zero attached hydrogens (tertiary/aromatic N) is 3. The first-order valence-corrected chi connectivity index (χ1v) is 12.1. The van der Waals surface area contributed by atoms with Crippen molar-refractivity contribution in [2.24, 2.45) is 11.7 Å². The van der Waals surface area contributed by atoms with Gasteiger partial charge in [-0.1, -0.05) is 24.3 Å². The molecule has 1 aliphatic rings. The number of carbonyl (C=O) groups excluding carboxylic acids is 1. The number of aromatic nitrogens is 3. The number of rotatable bonds is 9. The van der Waals surface area contributed by atoms with Crippen LogP contribution in [0.3, 0.4) is 0 Å². The van der Waals surface area contributed by atoms with E-state index < -0.39 is 17.5 Å². The van der Waals surface area contributed by atoms with Gasteiger partial charge < -0.3 is 20.9 Å². The minimum absolute atomic E-state index is 0.0963. The van der Waals surface area contributed by atoms with Gasteiger partial charge in [0.25, 0.3) is 5.91 Å². The van der Waals surface area contributed by atoms with E-state index in [0.717, 1.165) is 18.4 Å². The molecular formula is C28H28FN5O3. The van der Waals surface area contributed by atoms with Gasteiger partial charge in [0.2, 0.25) is 5.79 Å². The summed E-state index contributed by atoms with van der Waals surface area (Å²) in [4.78, 5) is 17.4. The van der Waals surface area contributed by atoms with Crippen LogP contribution in [-0.2, 0) is 17.1 Å². The van der Waals surface area contributed by atoms with E-state index in [-0.39, 0.29) is 16.9 Å². The molecule has 0 bridgehead atoms. The van der Waals surface area contributed by atoms with E-state index in [1.54, 1.807) is 31.3 Å². The number of amides is 1. The minimum Gasteiger partial charge on any atom is -0.358 e. The lowest BCUT2D eigenvalue weighted by Gasteiger charge is -2.29. The first-order valence-electron chi connectivity index (χ1n) is 12.1. The fourth-order valence-electron chi connectivity index (χ4n) is 4.11. The van der Waals surface area contributed by atoms with Crippen LogP contribution in [-0.4, -0.2) is 32.4 Å². The fraction of sp³-hybridized carbons (Fsp3) is 0.250. The molecule has 4 aromatic rings. The Bertz CT molecular complexity index is 1420. The summed E-state index contributed by atoms with van der Waals surface area (Å²) in [6, 6.07) is 16.4. The first-order chi connectivity index (χ1) is 17.9. The number of aryl methyl sites for hydroxylation is 1. The molecule has 2 heterocycles. The normalized spacial score (nSPS) is 14.8. The van der Waals surface area contributed by atoms with Crippen molar-refractivity contribution in [2.45, 2.75) is 32.1 Å². The van der Waals surface area contributed by atoms with Gasteiger partial charge in [0.15, 0.2) is 0 Å². The van der Waals surface area contributed by atoms with Crippen LogP contribution in [0.2, 0.25) is 0 Å². The van der Waals surface area contributed by atoms with Gasteiger partial charge in [-0.2, -0.15) is 5.10 Å². The van der Waals surface area contributed by atoms with Crippen LogP contribution in [0.15, 0.2) is 73.1 Å². The molecule has 1 saturated carbocycles. The molecule has 190 valence electrons. The zero-order valence-electron chi connectivity index (χ0n) is 20.4. The molecule has 4 N–H and O–H groups in total. The number of ether oxygens (including phenoxy) is 1. The maximum Gasteiger partial charge on any atom is 0.274 e. The van der Waals surface area contributed by atoms with Crippen LogP contribution in [0, 0.1) is 18.7 Å². The fourth-order valence-corrected chi connectivity index (χ4v) is 4.11. The standard InChI is InChI=1S/C28H28FN5O3/c1-18-12-26(34(33-18)23-6-2-4-20(13-23)15-30)27(35)32-25-14-21(9-10-24(25)29)28(36,37-17-19-7-8-19)22-5-3-11-31-16-22/h2-6,9-14,16,19,36H,7-8,15,17,30H2,1H3,(H,32,35). The summed E-state index contributed by atoms with van der Waals surface area (Å²) in [6.45, 7) is 2.47. The molecule has 1 aliphatic carbocycles. The van der Waals surface area contributed by atoms with E-state index in [4.69, 9.17) is 10.5 Å². The Hall–Kier alpha value is -3.92. The number of nitrogens with one attached hydrogen (secondary N) is 1. The molecule has 1 fully saturated rings. The van der Waals surface area contributed by atoms with Crippen LogP contribution < -0.4 is 11.1 Å². The minimum atomic E-state index is -1.86. The van der Waals surface area contributed by atoms with E-state index >= 15 is 0 Å². The zero-order valence-corrected chi connectivity index (χ0v) is 20.4. The highest BCUT2D eigenvalue weighted by molar-refractivity contribution is 6.03. The maximum absolute atomic E-state index is 14.9. The van der Waals surface area contributed by atoms with Crippen LogP contribution in [0.5, 0.6) is 0 Å². The van der Waals surface area contributed by atoms with Gasteiger partial charge in [0.1, 0.15) is 11.5 Å². The van der Waals surface area contributed by atoms with Crippen molar-refractivity contribution >= 4 is 11.6 Å². The van der Waals surface area contributed by atoms with E-state index in [0.29, 0.717) is 36.0 Å². The number of pyridine rings is 1. The van der Waals surface area contributed by atoms with Crippen molar-refractivity contribution in [2.75, 3.05) is 11.9 Å². The maximum atomic E-state index is 14.9. The van der Waals surface area contributed by atoms with Gasteiger partial charge >= 0.3 is 0 Å². The van der Waals surface area contributed by atoms with Gasteiger partial charge in [-0.3, -0.25) is 9.78 Å². The molecule has 37 heavy (non-hydrogen) atoms. The van der Waals surface area contributed by atoms with E-state index in [2.05, 4.69) is 15.4 Å². The molecule has 0 spiro atoms.